The summed E-state index contributed by atoms with van der Waals surface area (Å²) in [5.74, 6) is -1.10. The monoisotopic (exact) mass is 263 g/mol. The molecule has 0 aliphatic carbocycles. The number of rotatable bonds is 1. The zero-order valence-electron chi connectivity index (χ0n) is 10.1. The van der Waals surface area contributed by atoms with E-state index in [1.54, 1.807) is 17.8 Å². The van der Waals surface area contributed by atoms with E-state index >= 15 is 0 Å². The Kier molecular flexibility index (Phi) is 2.26. The molecule has 4 nitrogen and oxygen atoms in total. The molecule has 18 heavy (non-hydrogen) atoms. The fourth-order valence-electron chi connectivity index (χ4n) is 2.78. The molecule has 2 atom stereocenters. The summed E-state index contributed by atoms with van der Waals surface area (Å²) in [5.41, 5.74) is 1.57. The Balaban J connectivity index is 2.13. The van der Waals surface area contributed by atoms with Crippen LogP contribution in [0, 0.1) is 0 Å². The Morgan fingerprint density at radius 3 is 2.72 bits per heavy atom. The molecule has 3 rings (SSSR count). The minimum atomic E-state index is -0.934. The highest BCUT2D eigenvalue weighted by atomic mass is 32.2. The summed E-state index contributed by atoms with van der Waals surface area (Å²) in [7, 11) is 0. The summed E-state index contributed by atoms with van der Waals surface area (Å²) in [5, 5.41) is 9.22. The van der Waals surface area contributed by atoms with Gasteiger partial charge in [-0.15, -0.1) is 11.8 Å². The van der Waals surface area contributed by atoms with Crippen molar-refractivity contribution in [2.45, 2.75) is 30.0 Å². The van der Waals surface area contributed by atoms with Gasteiger partial charge in [-0.05, 0) is 25.5 Å². The highest BCUT2D eigenvalue weighted by Crippen LogP contribution is 2.56. The van der Waals surface area contributed by atoms with Gasteiger partial charge in [-0.1, -0.05) is 18.2 Å². The second-order valence-electron chi connectivity index (χ2n) is 5.11. The van der Waals surface area contributed by atoms with Gasteiger partial charge < -0.3 is 10.0 Å². The number of fused-ring (bicyclic) bond motifs is 3. The van der Waals surface area contributed by atoms with Crippen LogP contribution >= 0.6 is 11.8 Å². The van der Waals surface area contributed by atoms with Gasteiger partial charge in [0.2, 0.25) is 0 Å². The predicted octanol–water partition coefficient (Wildman–Crippen LogP) is 2.12. The second-order valence-corrected chi connectivity index (χ2v) is 6.85. The van der Waals surface area contributed by atoms with Crippen LogP contribution in [0.25, 0.3) is 0 Å². The van der Waals surface area contributed by atoms with E-state index in [0.29, 0.717) is 5.56 Å². The van der Waals surface area contributed by atoms with Crippen LogP contribution in [0.15, 0.2) is 24.3 Å². The summed E-state index contributed by atoms with van der Waals surface area (Å²) in [6.07, 6.45) is 0. The number of carboxylic acids is 1. The fraction of sp³-hybridized carbons (Fsp3) is 0.385. The molecule has 0 aromatic heterocycles. The van der Waals surface area contributed by atoms with E-state index < -0.39 is 16.8 Å². The lowest BCUT2D eigenvalue weighted by molar-refractivity contribution is -0.142. The highest BCUT2D eigenvalue weighted by Gasteiger charge is 2.57. The number of aliphatic carboxylic acids is 1. The van der Waals surface area contributed by atoms with E-state index in [1.165, 1.54) is 4.90 Å². The van der Waals surface area contributed by atoms with Crippen LogP contribution in [0.3, 0.4) is 0 Å². The largest absolute Gasteiger partial charge is 0.480 e. The minimum Gasteiger partial charge on any atom is -0.480 e. The first-order valence-corrected chi connectivity index (χ1v) is 6.63. The molecular weight excluding hydrogens is 250 g/mol. The van der Waals surface area contributed by atoms with Gasteiger partial charge in [0, 0.05) is 10.3 Å². The molecule has 0 saturated carbocycles. The normalized spacial score (nSPS) is 28.1. The van der Waals surface area contributed by atoms with Gasteiger partial charge in [0.05, 0.1) is 0 Å². The maximum Gasteiger partial charge on any atom is 0.327 e. The van der Waals surface area contributed by atoms with Crippen LogP contribution in [0.2, 0.25) is 0 Å². The zero-order valence-corrected chi connectivity index (χ0v) is 10.9. The third-order valence-electron chi connectivity index (χ3n) is 3.53. The quantitative estimate of drug-likeness (QED) is 0.843. The predicted molar refractivity (Wildman–Crippen MR) is 68.4 cm³/mol. The molecule has 1 aromatic rings. The summed E-state index contributed by atoms with van der Waals surface area (Å²) in [6.45, 7) is 3.76. The van der Waals surface area contributed by atoms with Crippen LogP contribution < -0.4 is 0 Å². The molecule has 1 aromatic carbocycles. The van der Waals surface area contributed by atoms with Gasteiger partial charge in [0.1, 0.15) is 11.4 Å². The van der Waals surface area contributed by atoms with E-state index in [0.717, 1.165) is 5.56 Å². The van der Waals surface area contributed by atoms with E-state index in [4.69, 9.17) is 0 Å². The smallest absolute Gasteiger partial charge is 0.327 e. The summed E-state index contributed by atoms with van der Waals surface area (Å²) < 4.78 is -0.473. The Bertz CT molecular complexity index is 555. The molecule has 1 amide bonds. The Labute approximate surface area is 109 Å². The topological polar surface area (TPSA) is 57.6 Å². The molecule has 1 N–H and O–H groups in total. The maximum absolute atomic E-state index is 12.3. The van der Waals surface area contributed by atoms with Crippen LogP contribution in [0.5, 0.6) is 0 Å². The number of hydrogen-bond donors (Lipinski definition) is 1. The number of nitrogens with zero attached hydrogens (tertiary/aromatic N) is 1. The molecule has 0 spiro atoms. The third-order valence-corrected chi connectivity index (χ3v) is 5.07. The average Bonchev–Trinajstić information content (AvgIpc) is 2.72. The molecule has 2 heterocycles. The molecule has 2 aliphatic heterocycles. The molecule has 0 bridgehead atoms. The second kappa shape index (κ2) is 3.51. The molecule has 0 radical (unpaired) electrons. The lowest BCUT2D eigenvalue weighted by Crippen LogP contribution is -2.47. The first kappa shape index (κ1) is 11.6. The standard InChI is InChI=1S/C13H13NO3S/c1-13(2)9(12(16)17)14-10(15)7-5-3-4-6-8(7)11(14)18-13/h3-6,9,11H,1-2H3,(H,16,17)/t9-,11+/m0/s1. The summed E-state index contributed by atoms with van der Waals surface area (Å²) in [6, 6.07) is 6.60. The van der Waals surface area contributed by atoms with Crippen molar-refractivity contribution in [3.63, 3.8) is 0 Å². The molecular formula is C13H13NO3S. The van der Waals surface area contributed by atoms with E-state index in [1.807, 2.05) is 32.0 Å². The van der Waals surface area contributed by atoms with Gasteiger partial charge in [-0.25, -0.2) is 4.79 Å². The molecule has 1 saturated heterocycles. The Morgan fingerprint density at radius 2 is 2.06 bits per heavy atom. The summed E-state index contributed by atoms with van der Waals surface area (Å²) >= 11 is 1.55. The van der Waals surface area contributed by atoms with Crippen molar-refractivity contribution in [2.75, 3.05) is 0 Å². The third kappa shape index (κ3) is 1.34. The minimum absolute atomic E-state index is 0.162. The molecule has 1 fully saturated rings. The number of amides is 1. The molecule has 5 heteroatoms. The highest BCUT2D eigenvalue weighted by molar-refractivity contribution is 8.01. The van der Waals surface area contributed by atoms with Crippen LogP contribution in [0.1, 0.15) is 35.1 Å². The first-order valence-electron chi connectivity index (χ1n) is 5.76. The Hall–Kier alpha value is -1.49. The SMILES string of the molecule is CC1(C)S[C@@H]2c3ccccc3C(=O)N2[C@H]1C(=O)O. The van der Waals surface area contributed by atoms with Gasteiger partial charge in [0.25, 0.3) is 5.91 Å². The van der Waals surface area contributed by atoms with Gasteiger partial charge in [-0.3, -0.25) is 4.79 Å². The number of carboxylic acid groups (broad SMARTS) is 1. The number of benzene rings is 1. The van der Waals surface area contributed by atoms with Crippen molar-refractivity contribution in [3.05, 3.63) is 35.4 Å². The maximum atomic E-state index is 12.3. The van der Waals surface area contributed by atoms with E-state index in [9.17, 15) is 14.7 Å². The van der Waals surface area contributed by atoms with Crippen molar-refractivity contribution in [2.24, 2.45) is 0 Å². The van der Waals surface area contributed by atoms with Crippen LogP contribution in [-0.4, -0.2) is 32.7 Å². The van der Waals surface area contributed by atoms with Crippen molar-refractivity contribution in [1.82, 2.24) is 4.90 Å². The zero-order chi connectivity index (χ0) is 13.1. The molecule has 2 aliphatic rings. The van der Waals surface area contributed by atoms with Crippen LogP contribution in [0.4, 0.5) is 0 Å². The first-order chi connectivity index (χ1) is 8.43. The van der Waals surface area contributed by atoms with Crippen LogP contribution in [-0.2, 0) is 4.79 Å². The van der Waals surface area contributed by atoms with Gasteiger partial charge >= 0.3 is 5.97 Å². The van der Waals surface area contributed by atoms with E-state index in [-0.39, 0.29) is 11.3 Å². The van der Waals surface area contributed by atoms with Crippen molar-refractivity contribution < 1.29 is 14.7 Å². The van der Waals surface area contributed by atoms with Gasteiger partial charge in [-0.2, -0.15) is 0 Å². The van der Waals surface area contributed by atoms with Crippen molar-refractivity contribution in [3.8, 4) is 0 Å². The fourth-order valence-corrected chi connectivity index (χ4v) is 4.36. The lowest BCUT2D eigenvalue weighted by atomic mass is 10.0. The Morgan fingerprint density at radius 1 is 1.39 bits per heavy atom. The lowest BCUT2D eigenvalue weighted by Gasteiger charge is -2.26. The molecule has 94 valence electrons. The van der Waals surface area contributed by atoms with Crippen molar-refractivity contribution in [1.29, 1.82) is 0 Å². The number of hydrogen-bond acceptors (Lipinski definition) is 3. The van der Waals surface area contributed by atoms with Crippen molar-refractivity contribution >= 4 is 23.6 Å². The molecule has 0 unspecified atom stereocenters. The average molecular weight is 263 g/mol. The van der Waals surface area contributed by atoms with E-state index in [2.05, 4.69) is 0 Å². The number of carbonyl (C=O) groups is 2. The number of thioether (sulfide) groups is 1. The number of carbonyl (C=O) groups excluding carboxylic acids is 1. The summed E-state index contributed by atoms with van der Waals surface area (Å²) in [4.78, 5) is 25.3. The van der Waals surface area contributed by atoms with Gasteiger partial charge in [0.15, 0.2) is 0 Å².